The number of anilines is 2. The highest BCUT2D eigenvalue weighted by Gasteiger charge is 2.34. The number of hydrogen-bond donors (Lipinski definition) is 2. The summed E-state index contributed by atoms with van der Waals surface area (Å²) in [7, 11) is 1.85. The average molecular weight is 564 g/mol. The summed E-state index contributed by atoms with van der Waals surface area (Å²) in [4.78, 5) is 18.2. The normalized spacial score (nSPS) is 19.6. The van der Waals surface area contributed by atoms with E-state index in [1.54, 1.807) is 18.6 Å². The topological polar surface area (TPSA) is 129 Å². The first-order chi connectivity index (χ1) is 19.2. The average Bonchev–Trinajstić information content (AvgIpc) is 3.21. The van der Waals surface area contributed by atoms with E-state index in [2.05, 4.69) is 46.0 Å². The van der Waals surface area contributed by atoms with Gasteiger partial charge in [-0.15, -0.1) is 0 Å². The van der Waals surface area contributed by atoms with Crippen molar-refractivity contribution < 1.29 is 14.6 Å². The summed E-state index contributed by atoms with van der Waals surface area (Å²) in [5.74, 6) is 3.53. The van der Waals surface area contributed by atoms with Crippen molar-refractivity contribution >= 4 is 40.2 Å². The number of ether oxygens (including phenoxy) is 2. The lowest BCUT2D eigenvalue weighted by Crippen LogP contribution is -2.28. The van der Waals surface area contributed by atoms with Gasteiger partial charge in [0.05, 0.1) is 38.0 Å². The Labute approximate surface area is 234 Å². The smallest absolute Gasteiger partial charge is 0.210 e. The van der Waals surface area contributed by atoms with Crippen LogP contribution in [0.1, 0.15) is 57.1 Å². The third-order valence-corrected chi connectivity index (χ3v) is 7.81. The maximum atomic E-state index is 10.4. The SMILES string of the molecule is Cn1c(Nc2cc(C(C)(C)C)n([C@H]3COC[C@@H]3O)n2)nc2ncc(Oc3cnc4cnc(C5CC5)n4c3)c(Cl)c21. The molecule has 0 spiro atoms. The fourth-order valence-electron chi connectivity index (χ4n) is 5.15. The van der Waals surface area contributed by atoms with Gasteiger partial charge in [-0.1, -0.05) is 32.4 Å². The van der Waals surface area contributed by atoms with Gasteiger partial charge in [0.1, 0.15) is 28.5 Å². The molecule has 6 heterocycles. The Balaban J connectivity index is 1.20. The number of pyridine rings is 1. The summed E-state index contributed by atoms with van der Waals surface area (Å²) in [5, 5.41) is 18.9. The molecule has 208 valence electrons. The van der Waals surface area contributed by atoms with Crippen LogP contribution >= 0.6 is 11.6 Å². The molecule has 5 aromatic rings. The highest BCUT2D eigenvalue weighted by atomic mass is 35.5. The van der Waals surface area contributed by atoms with Crippen molar-refractivity contribution in [2.24, 2.45) is 7.05 Å². The van der Waals surface area contributed by atoms with E-state index in [-0.39, 0.29) is 11.5 Å². The van der Waals surface area contributed by atoms with E-state index in [4.69, 9.17) is 26.2 Å². The lowest BCUT2D eigenvalue weighted by Gasteiger charge is -2.24. The Morgan fingerprint density at radius 2 is 1.95 bits per heavy atom. The van der Waals surface area contributed by atoms with Crippen LogP contribution in [0.4, 0.5) is 11.8 Å². The Morgan fingerprint density at radius 1 is 1.12 bits per heavy atom. The lowest BCUT2D eigenvalue weighted by molar-refractivity contribution is 0.117. The number of hydrogen-bond acceptors (Lipinski definition) is 9. The Morgan fingerprint density at radius 3 is 2.67 bits per heavy atom. The van der Waals surface area contributed by atoms with E-state index >= 15 is 0 Å². The largest absolute Gasteiger partial charge is 0.451 e. The number of aliphatic hydroxyl groups is 1. The van der Waals surface area contributed by atoms with E-state index in [1.165, 1.54) is 0 Å². The van der Waals surface area contributed by atoms with E-state index in [0.717, 1.165) is 30.0 Å². The lowest BCUT2D eigenvalue weighted by atomic mass is 9.91. The van der Waals surface area contributed by atoms with Gasteiger partial charge in [0.2, 0.25) is 5.95 Å². The third kappa shape index (κ3) is 4.27. The molecule has 0 aromatic carbocycles. The number of rotatable bonds is 6. The van der Waals surface area contributed by atoms with Crippen LogP contribution in [0.5, 0.6) is 11.5 Å². The molecular weight excluding hydrogens is 534 g/mol. The molecule has 5 aromatic heterocycles. The molecule has 40 heavy (non-hydrogen) atoms. The first-order valence-electron chi connectivity index (χ1n) is 13.3. The molecule has 1 saturated carbocycles. The van der Waals surface area contributed by atoms with Gasteiger partial charge in [0.15, 0.2) is 28.6 Å². The molecule has 2 N–H and O–H groups in total. The van der Waals surface area contributed by atoms with Gasteiger partial charge < -0.3 is 24.5 Å². The molecule has 0 amide bonds. The molecule has 2 atom stereocenters. The minimum atomic E-state index is -0.615. The van der Waals surface area contributed by atoms with Crippen molar-refractivity contribution in [3.8, 4) is 11.5 Å². The predicted molar refractivity (Wildman–Crippen MR) is 149 cm³/mol. The maximum absolute atomic E-state index is 10.4. The second kappa shape index (κ2) is 9.15. The monoisotopic (exact) mass is 563 g/mol. The summed E-state index contributed by atoms with van der Waals surface area (Å²) in [6.07, 6.45) is 8.55. The van der Waals surface area contributed by atoms with E-state index in [0.29, 0.717) is 58.6 Å². The number of aliphatic hydroxyl groups excluding tert-OH is 1. The maximum Gasteiger partial charge on any atom is 0.210 e. The molecule has 2 fully saturated rings. The summed E-state index contributed by atoms with van der Waals surface area (Å²) < 4.78 is 17.3. The highest BCUT2D eigenvalue weighted by Crippen LogP contribution is 2.40. The summed E-state index contributed by atoms with van der Waals surface area (Å²) in [6.45, 7) is 7.04. The fourth-order valence-corrected chi connectivity index (χ4v) is 5.45. The Bertz CT molecular complexity index is 1750. The van der Waals surface area contributed by atoms with E-state index < -0.39 is 6.10 Å². The van der Waals surface area contributed by atoms with Crippen LogP contribution in [0.15, 0.2) is 30.9 Å². The van der Waals surface area contributed by atoms with Gasteiger partial charge in [-0.3, -0.25) is 9.08 Å². The van der Waals surface area contributed by atoms with Crippen molar-refractivity contribution in [3.05, 3.63) is 47.4 Å². The second-order valence-corrected chi connectivity index (χ2v) is 11.9. The number of fused-ring (bicyclic) bond motifs is 2. The summed E-state index contributed by atoms with van der Waals surface area (Å²) >= 11 is 6.84. The zero-order valence-electron chi connectivity index (χ0n) is 22.7. The standard InChI is InChI=1S/C27H30ClN9O3/c1-27(2,3)19-7-20(34-37(19)16-12-39-13-17(16)38)32-26-33-24-23(35(26)4)22(28)18(9-30-24)40-15-8-29-21-10-31-25(14-5-6-14)36(21)11-15/h7-11,14,16-17,38H,5-6,12-13H2,1-4H3,(H,30,32,33,34)/t16-,17-/m0/s1. The number of nitrogens with zero attached hydrogens (tertiary/aromatic N) is 8. The molecular formula is C27H30ClN9O3. The minimum Gasteiger partial charge on any atom is -0.451 e. The van der Waals surface area contributed by atoms with Gasteiger partial charge in [-0.05, 0) is 12.8 Å². The second-order valence-electron chi connectivity index (χ2n) is 11.5. The van der Waals surface area contributed by atoms with Crippen molar-refractivity contribution in [1.82, 2.24) is 38.7 Å². The van der Waals surface area contributed by atoms with Crippen molar-refractivity contribution in [2.75, 3.05) is 18.5 Å². The first kappa shape index (κ1) is 25.2. The molecule has 12 nitrogen and oxygen atoms in total. The molecule has 1 aliphatic carbocycles. The third-order valence-electron chi connectivity index (χ3n) is 7.44. The summed E-state index contributed by atoms with van der Waals surface area (Å²) in [5.41, 5.74) is 2.64. The van der Waals surface area contributed by atoms with Crippen molar-refractivity contribution in [2.45, 2.75) is 57.1 Å². The minimum absolute atomic E-state index is 0.202. The first-order valence-corrected chi connectivity index (χ1v) is 13.7. The number of imidazole rings is 2. The van der Waals surface area contributed by atoms with Crippen LogP contribution < -0.4 is 10.1 Å². The van der Waals surface area contributed by atoms with Crippen LogP contribution in [0, 0.1) is 0 Å². The number of aryl methyl sites for hydroxylation is 1. The van der Waals surface area contributed by atoms with Gasteiger partial charge in [-0.2, -0.15) is 10.1 Å². The quantitative estimate of drug-likeness (QED) is 0.306. The van der Waals surface area contributed by atoms with Gasteiger partial charge in [0, 0.05) is 30.1 Å². The zero-order valence-corrected chi connectivity index (χ0v) is 23.4. The number of halogens is 1. The zero-order chi connectivity index (χ0) is 27.8. The number of nitrogens with one attached hydrogen (secondary N) is 1. The van der Waals surface area contributed by atoms with E-state index in [1.807, 2.05) is 33.0 Å². The van der Waals surface area contributed by atoms with Gasteiger partial charge in [0.25, 0.3) is 0 Å². The van der Waals surface area contributed by atoms with Crippen molar-refractivity contribution in [3.63, 3.8) is 0 Å². The highest BCUT2D eigenvalue weighted by molar-refractivity contribution is 6.36. The van der Waals surface area contributed by atoms with Crippen LogP contribution in [0.25, 0.3) is 16.8 Å². The Hall–Kier alpha value is -3.74. The molecule has 1 saturated heterocycles. The molecule has 2 aliphatic rings. The van der Waals surface area contributed by atoms with Crippen LogP contribution in [-0.4, -0.2) is 63.1 Å². The predicted octanol–water partition coefficient (Wildman–Crippen LogP) is 4.50. The van der Waals surface area contributed by atoms with Crippen LogP contribution in [0.2, 0.25) is 5.02 Å². The van der Waals surface area contributed by atoms with Crippen molar-refractivity contribution in [1.29, 1.82) is 0 Å². The Kier molecular flexibility index (Phi) is 5.77. The molecule has 0 bridgehead atoms. The van der Waals surface area contributed by atoms with Gasteiger partial charge >= 0.3 is 0 Å². The molecule has 7 rings (SSSR count). The van der Waals surface area contributed by atoms with Crippen LogP contribution in [-0.2, 0) is 17.2 Å². The van der Waals surface area contributed by atoms with Gasteiger partial charge in [-0.25, -0.2) is 15.0 Å². The fraction of sp³-hybridized carbons (Fsp3) is 0.444. The molecule has 0 radical (unpaired) electrons. The number of aromatic nitrogens is 8. The molecule has 1 aliphatic heterocycles. The van der Waals surface area contributed by atoms with E-state index in [9.17, 15) is 5.11 Å². The molecule has 0 unspecified atom stereocenters. The molecule has 13 heteroatoms. The summed E-state index contributed by atoms with van der Waals surface area (Å²) in [6, 6.07) is 1.72. The van der Waals surface area contributed by atoms with Crippen LogP contribution in [0.3, 0.4) is 0 Å².